The molecule has 2 N–H and O–H groups in total. The molecule has 0 spiro atoms. The molecule has 0 fully saturated rings. The second-order valence-electron chi connectivity index (χ2n) is 6.39. The average molecular weight is 458 g/mol. The van der Waals surface area contributed by atoms with E-state index in [1.165, 1.54) is 23.9 Å². The van der Waals surface area contributed by atoms with Gasteiger partial charge in [0.25, 0.3) is 0 Å². The highest BCUT2D eigenvalue weighted by atomic mass is 35.5. The van der Waals surface area contributed by atoms with Crippen LogP contribution < -0.4 is 15.2 Å². The first-order valence-electron chi connectivity index (χ1n) is 9.33. The summed E-state index contributed by atoms with van der Waals surface area (Å²) < 4.78 is 24.3. The molecule has 5 nitrogen and oxygen atoms in total. The monoisotopic (exact) mass is 457 g/mol. The van der Waals surface area contributed by atoms with E-state index in [-0.39, 0.29) is 6.61 Å². The van der Waals surface area contributed by atoms with Crippen LogP contribution in [-0.4, -0.2) is 18.5 Å². The van der Waals surface area contributed by atoms with E-state index in [0.29, 0.717) is 27.3 Å². The summed E-state index contributed by atoms with van der Waals surface area (Å²) in [6.07, 6.45) is 1.58. The van der Waals surface area contributed by atoms with Crippen LogP contribution in [0.1, 0.15) is 16.7 Å². The largest absolute Gasteiger partial charge is 0.493 e. The van der Waals surface area contributed by atoms with Gasteiger partial charge in [-0.2, -0.15) is 5.10 Å². The molecule has 0 unspecified atom stereocenters. The number of ether oxygens (including phenoxy) is 2. The molecule has 31 heavy (non-hydrogen) atoms. The molecule has 0 heterocycles. The maximum absolute atomic E-state index is 13.2. The summed E-state index contributed by atoms with van der Waals surface area (Å²) in [6.45, 7) is 0.183. The maximum Gasteiger partial charge on any atom is 0.180 e. The molecule has 0 bridgehead atoms. The number of rotatable bonds is 8. The SMILES string of the molecule is COc1cc(C=NN=C(N)SCc2ccccc2)ccc1OCc1ccc(F)cc1Cl. The van der Waals surface area contributed by atoms with Gasteiger partial charge in [0, 0.05) is 11.3 Å². The lowest BCUT2D eigenvalue weighted by Gasteiger charge is -2.12. The summed E-state index contributed by atoms with van der Waals surface area (Å²) in [7, 11) is 1.55. The molecule has 3 rings (SSSR count). The quantitative estimate of drug-likeness (QED) is 0.269. The lowest BCUT2D eigenvalue weighted by molar-refractivity contribution is 0.284. The summed E-state index contributed by atoms with van der Waals surface area (Å²) in [5.41, 5.74) is 8.51. The molecular formula is C23H21ClFN3O2S. The Morgan fingerprint density at radius 2 is 1.90 bits per heavy atom. The van der Waals surface area contributed by atoms with Gasteiger partial charge in [0.1, 0.15) is 12.4 Å². The average Bonchev–Trinajstić information content (AvgIpc) is 2.78. The van der Waals surface area contributed by atoms with Gasteiger partial charge < -0.3 is 15.2 Å². The summed E-state index contributed by atoms with van der Waals surface area (Å²) in [4.78, 5) is 0. The van der Waals surface area contributed by atoms with Gasteiger partial charge in [-0.3, -0.25) is 0 Å². The van der Waals surface area contributed by atoms with E-state index < -0.39 is 5.82 Å². The highest BCUT2D eigenvalue weighted by Gasteiger charge is 2.08. The zero-order valence-electron chi connectivity index (χ0n) is 16.8. The van der Waals surface area contributed by atoms with Crippen LogP contribution in [0.2, 0.25) is 5.02 Å². The smallest absolute Gasteiger partial charge is 0.180 e. The molecule has 3 aromatic carbocycles. The fourth-order valence-electron chi connectivity index (χ4n) is 2.59. The predicted molar refractivity (Wildman–Crippen MR) is 126 cm³/mol. The summed E-state index contributed by atoms with van der Waals surface area (Å²) in [5, 5.41) is 8.74. The van der Waals surface area contributed by atoms with Crippen molar-refractivity contribution in [2.75, 3.05) is 7.11 Å². The second-order valence-corrected chi connectivity index (χ2v) is 7.79. The van der Waals surface area contributed by atoms with E-state index in [1.54, 1.807) is 31.5 Å². The molecule has 160 valence electrons. The molecule has 0 saturated heterocycles. The number of methoxy groups -OCH3 is 1. The molecule has 8 heteroatoms. The van der Waals surface area contributed by atoms with E-state index in [9.17, 15) is 4.39 Å². The lowest BCUT2D eigenvalue weighted by atomic mass is 10.2. The van der Waals surface area contributed by atoms with Crippen molar-refractivity contribution < 1.29 is 13.9 Å². The third-order valence-corrected chi connectivity index (χ3v) is 5.39. The molecule has 0 atom stereocenters. The van der Waals surface area contributed by atoms with Crippen molar-refractivity contribution in [1.82, 2.24) is 0 Å². The molecule has 0 radical (unpaired) electrons. The van der Waals surface area contributed by atoms with Gasteiger partial charge >= 0.3 is 0 Å². The zero-order chi connectivity index (χ0) is 22.1. The van der Waals surface area contributed by atoms with Crippen LogP contribution in [-0.2, 0) is 12.4 Å². The number of benzene rings is 3. The van der Waals surface area contributed by atoms with E-state index in [1.807, 2.05) is 36.4 Å². The van der Waals surface area contributed by atoms with Crippen molar-refractivity contribution in [3.8, 4) is 11.5 Å². The molecule has 0 aromatic heterocycles. The minimum absolute atomic E-state index is 0.183. The Hall–Kier alpha value is -3.03. The van der Waals surface area contributed by atoms with Crippen LogP contribution in [0.3, 0.4) is 0 Å². The van der Waals surface area contributed by atoms with Gasteiger partial charge in [-0.05, 0) is 41.5 Å². The zero-order valence-corrected chi connectivity index (χ0v) is 18.4. The first-order valence-corrected chi connectivity index (χ1v) is 10.7. The Labute approximate surface area is 189 Å². The summed E-state index contributed by atoms with van der Waals surface area (Å²) in [5.74, 6) is 1.39. The second kappa shape index (κ2) is 11.4. The van der Waals surface area contributed by atoms with Gasteiger partial charge in [0.2, 0.25) is 0 Å². The minimum Gasteiger partial charge on any atom is -0.493 e. The van der Waals surface area contributed by atoms with Crippen molar-refractivity contribution in [2.45, 2.75) is 12.4 Å². The first-order chi connectivity index (χ1) is 15.0. The van der Waals surface area contributed by atoms with Crippen molar-refractivity contribution in [3.63, 3.8) is 0 Å². The predicted octanol–water partition coefficient (Wildman–Crippen LogP) is 5.65. The van der Waals surface area contributed by atoms with Gasteiger partial charge in [0.05, 0.1) is 18.3 Å². The topological polar surface area (TPSA) is 69.2 Å². The lowest BCUT2D eigenvalue weighted by Crippen LogP contribution is -2.06. The molecule has 0 saturated carbocycles. The highest BCUT2D eigenvalue weighted by Crippen LogP contribution is 2.29. The number of amidine groups is 1. The third kappa shape index (κ3) is 7.01. The molecular weight excluding hydrogens is 437 g/mol. The van der Waals surface area contributed by atoms with Gasteiger partial charge in [-0.25, -0.2) is 4.39 Å². The first kappa shape index (κ1) is 22.7. The summed E-state index contributed by atoms with van der Waals surface area (Å²) in [6, 6.07) is 19.5. The Balaban J connectivity index is 1.59. The van der Waals surface area contributed by atoms with E-state index in [2.05, 4.69) is 10.2 Å². The van der Waals surface area contributed by atoms with Crippen LogP contribution in [0, 0.1) is 5.82 Å². The number of nitrogens with two attached hydrogens (primary N) is 1. The van der Waals surface area contributed by atoms with Crippen LogP contribution >= 0.6 is 23.4 Å². The fourth-order valence-corrected chi connectivity index (χ4v) is 3.42. The standard InChI is InChI=1S/C23H21ClFN3O2S/c1-29-22-11-17(13-27-28-23(26)31-15-16-5-3-2-4-6-16)7-10-21(22)30-14-18-8-9-19(25)12-20(18)24/h2-13H,14-15H2,1H3,(H2,26,28). The molecule has 3 aromatic rings. The normalized spacial score (nSPS) is 11.6. The molecule has 0 aliphatic rings. The Morgan fingerprint density at radius 1 is 1.10 bits per heavy atom. The molecule has 0 amide bonds. The minimum atomic E-state index is -0.392. The number of nitrogens with zero attached hydrogens (tertiary/aromatic N) is 2. The van der Waals surface area contributed by atoms with Crippen molar-refractivity contribution >= 4 is 34.7 Å². The number of hydrogen-bond acceptors (Lipinski definition) is 5. The van der Waals surface area contributed by atoms with Crippen LogP contribution in [0.25, 0.3) is 0 Å². The van der Waals surface area contributed by atoms with E-state index in [4.69, 9.17) is 26.8 Å². The number of halogens is 2. The van der Waals surface area contributed by atoms with Crippen LogP contribution in [0.5, 0.6) is 11.5 Å². The van der Waals surface area contributed by atoms with Gasteiger partial charge in [-0.1, -0.05) is 59.8 Å². The highest BCUT2D eigenvalue weighted by molar-refractivity contribution is 8.13. The number of thioether (sulfide) groups is 1. The van der Waals surface area contributed by atoms with Crippen molar-refractivity contribution in [1.29, 1.82) is 0 Å². The van der Waals surface area contributed by atoms with Gasteiger partial charge in [-0.15, -0.1) is 5.10 Å². The molecule has 0 aliphatic heterocycles. The fraction of sp³-hybridized carbons (Fsp3) is 0.130. The van der Waals surface area contributed by atoms with Crippen molar-refractivity contribution in [3.05, 3.63) is 94.3 Å². The van der Waals surface area contributed by atoms with Crippen LogP contribution in [0.15, 0.2) is 76.9 Å². The van der Waals surface area contributed by atoms with Gasteiger partial charge in [0.15, 0.2) is 16.7 Å². The molecule has 0 aliphatic carbocycles. The number of hydrogen-bond donors (Lipinski definition) is 1. The Morgan fingerprint density at radius 3 is 2.65 bits per heavy atom. The van der Waals surface area contributed by atoms with Crippen molar-refractivity contribution in [2.24, 2.45) is 15.9 Å². The Bertz CT molecular complexity index is 1080. The summed E-state index contributed by atoms with van der Waals surface area (Å²) >= 11 is 7.46. The maximum atomic E-state index is 13.2. The Kier molecular flexibility index (Phi) is 8.32. The third-order valence-electron chi connectivity index (χ3n) is 4.18. The van der Waals surface area contributed by atoms with Crippen LogP contribution in [0.4, 0.5) is 4.39 Å². The van der Waals surface area contributed by atoms with E-state index >= 15 is 0 Å². The van der Waals surface area contributed by atoms with E-state index in [0.717, 1.165) is 16.9 Å².